The van der Waals surface area contributed by atoms with E-state index in [0.717, 1.165) is 18.5 Å². The monoisotopic (exact) mass is 294 g/mol. The van der Waals surface area contributed by atoms with Crippen LogP contribution in [0.25, 0.3) is 6.08 Å². The zero-order valence-corrected chi connectivity index (χ0v) is 14.1. The van der Waals surface area contributed by atoms with Crippen LogP contribution in [0.15, 0.2) is 48.5 Å². The van der Waals surface area contributed by atoms with Gasteiger partial charge in [0.1, 0.15) is 0 Å². The maximum absolute atomic E-state index is 3.14. The fourth-order valence-corrected chi connectivity index (χ4v) is 2.57. The summed E-state index contributed by atoms with van der Waals surface area (Å²) in [6, 6.07) is 15.2. The van der Waals surface area contributed by atoms with E-state index >= 15 is 0 Å². The molecule has 0 unspecified atom stereocenters. The van der Waals surface area contributed by atoms with Crippen molar-refractivity contribution in [3.05, 3.63) is 65.2 Å². The minimum Gasteiger partial charge on any atom is -0.388 e. The first kappa shape index (κ1) is 16.2. The Balaban J connectivity index is 1.98. The summed E-state index contributed by atoms with van der Waals surface area (Å²) in [4.78, 5) is 2.19. The average Bonchev–Trinajstić information content (AvgIpc) is 2.52. The molecule has 2 nitrogen and oxygen atoms in total. The molecule has 0 atom stereocenters. The lowest BCUT2D eigenvalue weighted by Gasteiger charge is -2.17. The lowest BCUT2D eigenvalue weighted by molar-refractivity contribution is 0.979. The Kier molecular flexibility index (Phi) is 5.65. The second kappa shape index (κ2) is 7.69. The van der Waals surface area contributed by atoms with Gasteiger partial charge in [0.25, 0.3) is 0 Å². The van der Waals surface area contributed by atoms with Crippen molar-refractivity contribution in [1.29, 1.82) is 0 Å². The van der Waals surface area contributed by atoms with E-state index in [4.69, 9.17) is 0 Å². The third-order valence-corrected chi connectivity index (χ3v) is 3.81. The number of nitrogens with zero attached hydrogens (tertiary/aromatic N) is 1. The molecule has 0 saturated heterocycles. The SMILES string of the molecule is CNc1ccc(/C=C/CCc2cc(C)ccc2N(C)C)cc1. The maximum Gasteiger partial charge on any atom is 0.0393 e. The van der Waals surface area contributed by atoms with Gasteiger partial charge in [-0.25, -0.2) is 0 Å². The Morgan fingerprint density at radius 1 is 1.05 bits per heavy atom. The number of allylic oxidation sites excluding steroid dienone is 1. The average molecular weight is 294 g/mol. The molecule has 0 spiro atoms. The van der Waals surface area contributed by atoms with Crippen LogP contribution in [0.2, 0.25) is 0 Å². The normalized spacial score (nSPS) is 10.9. The third kappa shape index (κ3) is 4.39. The molecule has 2 aromatic carbocycles. The van der Waals surface area contributed by atoms with Gasteiger partial charge in [0, 0.05) is 32.5 Å². The first-order chi connectivity index (χ1) is 10.6. The fraction of sp³-hybridized carbons (Fsp3) is 0.300. The van der Waals surface area contributed by atoms with Crippen LogP contribution in [0.3, 0.4) is 0 Å². The highest BCUT2D eigenvalue weighted by Gasteiger charge is 2.03. The summed E-state index contributed by atoms with van der Waals surface area (Å²) in [5.41, 5.74) is 6.45. The first-order valence-electron chi connectivity index (χ1n) is 7.81. The molecular weight excluding hydrogens is 268 g/mol. The molecule has 22 heavy (non-hydrogen) atoms. The number of anilines is 2. The third-order valence-electron chi connectivity index (χ3n) is 3.81. The molecule has 2 heteroatoms. The number of benzene rings is 2. The summed E-state index contributed by atoms with van der Waals surface area (Å²) in [6.07, 6.45) is 6.58. The topological polar surface area (TPSA) is 15.3 Å². The predicted molar refractivity (Wildman–Crippen MR) is 98.8 cm³/mol. The molecule has 0 fully saturated rings. The maximum atomic E-state index is 3.14. The van der Waals surface area contributed by atoms with E-state index in [2.05, 4.69) is 85.9 Å². The predicted octanol–water partition coefficient (Wildman–Crippen LogP) is 4.75. The van der Waals surface area contributed by atoms with Crippen LogP contribution in [-0.2, 0) is 6.42 Å². The summed E-state index contributed by atoms with van der Waals surface area (Å²) >= 11 is 0. The number of hydrogen-bond acceptors (Lipinski definition) is 2. The summed E-state index contributed by atoms with van der Waals surface area (Å²) in [5.74, 6) is 0. The Morgan fingerprint density at radius 3 is 2.41 bits per heavy atom. The van der Waals surface area contributed by atoms with E-state index < -0.39 is 0 Å². The van der Waals surface area contributed by atoms with Crippen molar-refractivity contribution in [3.8, 4) is 0 Å². The molecule has 0 aromatic heterocycles. The summed E-state index contributed by atoms with van der Waals surface area (Å²) in [6.45, 7) is 2.15. The van der Waals surface area contributed by atoms with Gasteiger partial charge in [-0.1, -0.05) is 42.0 Å². The van der Waals surface area contributed by atoms with Gasteiger partial charge in [-0.15, -0.1) is 0 Å². The van der Waals surface area contributed by atoms with Crippen molar-refractivity contribution in [2.75, 3.05) is 31.4 Å². The summed E-state index contributed by atoms with van der Waals surface area (Å²) in [5, 5.41) is 3.14. The number of rotatable bonds is 6. The van der Waals surface area contributed by atoms with Gasteiger partial charge in [0.15, 0.2) is 0 Å². The van der Waals surface area contributed by atoms with Gasteiger partial charge < -0.3 is 10.2 Å². The van der Waals surface area contributed by atoms with Gasteiger partial charge in [0.2, 0.25) is 0 Å². The lowest BCUT2D eigenvalue weighted by atomic mass is 10.0. The molecule has 0 amide bonds. The molecule has 1 N–H and O–H groups in total. The highest BCUT2D eigenvalue weighted by Crippen LogP contribution is 2.22. The highest BCUT2D eigenvalue weighted by atomic mass is 15.1. The minimum atomic E-state index is 1.05. The molecule has 0 aliphatic heterocycles. The molecule has 116 valence electrons. The second-order valence-corrected chi connectivity index (χ2v) is 5.84. The van der Waals surface area contributed by atoms with Crippen molar-refractivity contribution < 1.29 is 0 Å². The number of hydrogen-bond donors (Lipinski definition) is 1. The van der Waals surface area contributed by atoms with Gasteiger partial charge in [0.05, 0.1) is 0 Å². The molecule has 2 aromatic rings. The van der Waals surface area contributed by atoms with Gasteiger partial charge in [-0.2, -0.15) is 0 Å². The first-order valence-corrected chi connectivity index (χ1v) is 7.81. The van der Waals surface area contributed by atoms with Crippen LogP contribution in [0.5, 0.6) is 0 Å². The smallest absolute Gasteiger partial charge is 0.0393 e. The molecule has 0 aliphatic carbocycles. The van der Waals surface area contributed by atoms with E-state index in [0.29, 0.717) is 0 Å². The van der Waals surface area contributed by atoms with E-state index in [9.17, 15) is 0 Å². The van der Waals surface area contributed by atoms with Crippen molar-refractivity contribution in [2.24, 2.45) is 0 Å². The largest absolute Gasteiger partial charge is 0.388 e. The van der Waals surface area contributed by atoms with Gasteiger partial charge in [-0.05, 0) is 49.1 Å². The van der Waals surface area contributed by atoms with Gasteiger partial charge >= 0.3 is 0 Å². The molecule has 0 aliphatic rings. The van der Waals surface area contributed by atoms with E-state index in [1.54, 1.807) is 0 Å². The molecular formula is C20H26N2. The minimum absolute atomic E-state index is 1.05. The Morgan fingerprint density at radius 2 is 1.77 bits per heavy atom. The second-order valence-electron chi connectivity index (χ2n) is 5.84. The highest BCUT2D eigenvalue weighted by molar-refractivity contribution is 5.56. The standard InChI is InChI=1S/C20H26N2/c1-16-9-14-20(22(3)4)18(15-16)8-6-5-7-17-10-12-19(21-2)13-11-17/h5,7,9-15,21H,6,8H2,1-4H3/b7-5+. The molecule has 0 radical (unpaired) electrons. The van der Waals surface area contributed by atoms with Crippen LogP contribution in [0.4, 0.5) is 11.4 Å². The van der Waals surface area contributed by atoms with Gasteiger partial charge in [-0.3, -0.25) is 0 Å². The Labute approximate surface area is 134 Å². The summed E-state index contributed by atoms with van der Waals surface area (Å²) < 4.78 is 0. The van der Waals surface area contributed by atoms with E-state index in [-0.39, 0.29) is 0 Å². The number of aryl methyl sites for hydroxylation is 2. The molecule has 2 rings (SSSR count). The van der Waals surface area contributed by atoms with Crippen LogP contribution in [0, 0.1) is 6.92 Å². The van der Waals surface area contributed by atoms with E-state index in [1.165, 1.54) is 22.4 Å². The van der Waals surface area contributed by atoms with Crippen LogP contribution in [0.1, 0.15) is 23.1 Å². The van der Waals surface area contributed by atoms with Crippen molar-refractivity contribution in [3.63, 3.8) is 0 Å². The lowest BCUT2D eigenvalue weighted by Crippen LogP contribution is -2.11. The van der Waals surface area contributed by atoms with Crippen LogP contribution in [-0.4, -0.2) is 21.1 Å². The molecule has 0 bridgehead atoms. The number of nitrogens with one attached hydrogen (secondary N) is 1. The summed E-state index contributed by atoms with van der Waals surface area (Å²) in [7, 11) is 6.15. The zero-order valence-electron chi connectivity index (χ0n) is 14.1. The molecule has 0 saturated carbocycles. The van der Waals surface area contributed by atoms with Crippen molar-refractivity contribution >= 4 is 17.5 Å². The quantitative estimate of drug-likeness (QED) is 0.827. The van der Waals surface area contributed by atoms with Crippen LogP contribution >= 0.6 is 0 Å². The van der Waals surface area contributed by atoms with Crippen LogP contribution < -0.4 is 10.2 Å². The van der Waals surface area contributed by atoms with Crippen molar-refractivity contribution in [2.45, 2.75) is 19.8 Å². The van der Waals surface area contributed by atoms with E-state index in [1.807, 2.05) is 7.05 Å². The zero-order chi connectivity index (χ0) is 15.9. The van der Waals surface area contributed by atoms with Crippen molar-refractivity contribution in [1.82, 2.24) is 0 Å². The Hall–Kier alpha value is -2.22. The Bertz CT molecular complexity index is 625. The molecule has 0 heterocycles. The fourth-order valence-electron chi connectivity index (χ4n) is 2.57.